The molecule has 1 aliphatic heterocycles. The fraction of sp³-hybridized carbons (Fsp3) is 0.833. The normalized spacial score (nSPS) is 17.0. The zero-order valence-electron chi connectivity index (χ0n) is 16.2. The highest BCUT2D eigenvalue weighted by molar-refractivity contribution is 5.80. The Morgan fingerprint density at radius 2 is 2.04 bits per heavy atom. The number of piperidine rings is 1. The van der Waals surface area contributed by atoms with Gasteiger partial charge in [-0.05, 0) is 32.7 Å². The minimum absolute atomic E-state index is 0.525. The Labute approximate surface area is 152 Å². The van der Waals surface area contributed by atoms with E-state index in [0.29, 0.717) is 6.04 Å². The molecule has 1 fully saturated rings. The number of aliphatic imine (C=N–C) groups is 1. The number of hydrogen-bond acceptors (Lipinski definition) is 4. The third kappa shape index (κ3) is 6.65. The molecule has 1 aromatic heterocycles. The molecule has 25 heavy (non-hydrogen) atoms. The van der Waals surface area contributed by atoms with E-state index < -0.39 is 0 Å². The van der Waals surface area contributed by atoms with Gasteiger partial charge in [-0.3, -0.25) is 4.99 Å². The van der Waals surface area contributed by atoms with E-state index in [4.69, 9.17) is 4.99 Å². The minimum atomic E-state index is 0.525. The van der Waals surface area contributed by atoms with Crippen LogP contribution in [0.4, 0.5) is 0 Å². The Hall–Kier alpha value is -1.63. The molecule has 2 heterocycles. The van der Waals surface area contributed by atoms with Crippen LogP contribution in [-0.2, 0) is 13.0 Å². The predicted molar refractivity (Wildman–Crippen MR) is 103 cm³/mol. The second kappa shape index (κ2) is 11.1. The zero-order chi connectivity index (χ0) is 17.9. The molecule has 7 nitrogen and oxygen atoms in total. The standard InChI is InChI=1S/C18H35N7/c1-4-7-11-24-12-8-16(9-13-24)22-18(19-6-3)20-10-14-25-15-21-23-17(25)5-2/h15-16H,4-14H2,1-3H3,(H2,19,20,22). The largest absolute Gasteiger partial charge is 0.357 e. The van der Waals surface area contributed by atoms with Crippen LogP contribution < -0.4 is 10.6 Å². The first kappa shape index (κ1) is 19.7. The Bertz CT molecular complexity index is 503. The van der Waals surface area contributed by atoms with E-state index in [1.807, 2.05) is 0 Å². The van der Waals surface area contributed by atoms with Crippen molar-refractivity contribution in [3.05, 3.63) is 12.2 Å². The number of guanidine groups is 1. The molecule has 142 valence electrons. The van der Waals surface area contributed by atoms with Gasteiger partial charge < -0.3 is 20.1 Å². The molecular weight excluding hydrogens is 314 g/mol. The summed E-state index contributed by atoms with van der Waals surface area (Å²) in [5.41, 5.74) is 0. The molecule has 0 aromatic carbocycles. The van der Waals surface area contributed by atoms with E-state index >= 15 is 0 Å². The quantitative estimate of drug-likeness (QED) is 0.524. The molecule has 1 aromatic rings. The van der Waals surface area contributed by atoms with E-state index in [2.05, 4.69) is 51.1 Å². The Balaban J connectivity index is 1.78. The van der Waals surface area contributed by atoms with Crippen LogP contribution >= 0.6 is 0 Å². The summed E-state index contributed by atoms with van der Waals surface area (Å²) < 4.78 is 2.08. The number of unbranched alkanes of at least 4 members (excludes halogenated alkanes) is 1. The van der Waals surface area contributed by atoms with Crippen LogP contribution in [0, 0.1) is 0 Å². The van der Waals surface area contributed by atoms with E-state index in [0.717, 1.165) is 37.8 Å². The van der Waals surface area contributed by atoms with Gasteiger partial charge in [0.2, 0.25) is 0 Å². The van der Waals surface area contributed by atoms with Gasteiger partial charge in [0.05, 0.1) is 6.54 Å². The van der Waals surface area contributed by atoms with Crippen molar-refractivity contribution in [1.29, 1.82) is 0 Å². The van der Waals surface area contributed by atoms with E-state index in [9.17, 15) is 0 Å². The Kier molecular flexibility index (Phi) is 8.72. The van der Waals surface area contributed by atoms with Crippen LogP contribution in [0.5, 0.6) is 0 Å². The lowest BCUT2D eigenvalue weighted by Crippen LogP contribution is -2.48. The molecule has 7 heteroatoms. The summed E-state index contributed by atoms with van der Waals surface area (Å²) in [6.07, 6.45) is 7.67. The highest BCUT2D eigenvalue weighted by atomic mass is 15.3. The summed E-state index contributed by atoms with van der Waals surface area (Å²) in [5.74, 6) is 1.95. The fourth-order valence-electron chi connectivity index (χ4n) is 3.21. The van der Waals surface area contributed by atoms with Crippen molar-refractivity contribution < 1.29 is 0 Å². The number of aromatic nitrogens is 3. The van der Waals surface area contributed by atoms with Gasteiger partial charge in [-0.2, -0.15) is 0 Å². The van der Waals surface area contributed by atoms with Crippen molar-refractivity contribution in [2.24, 2.45) is 4.99 Å². The average molecular weight is 350 g/mol. The third-order valence-corrected chi connectivity index (χ3v) is 4.72. The van der Waals surface area contributed by atoms with Crippen LogP contribution in [0.2, 0.25) is 0 Å². The van der Waals surface area contributed by atoms with Crippen molar-refractivity contribution in [1.82, 2.24) is 30.3 Å². The van der Waals surface area contributed by atoms with Crippen molar-refractivity contribution in [2.45, 2.75) is 65.5 Å². The highest BCUT2D eigenvalue weighted by Gasteiger charge is 2.19. The summed E-state index contributed by atoms with van der Waals surface area (Å²) >= 11 is 0. The van der Waals surface area contributed by atoms with Crippen LogP contribution in [-0.4, -0.2) is 64.4 Å². The first-order valence-corrected chi connectivity index (χ1v) is 9.90. The highest BCUT2D eigenvalue weighted by Crippen LogP contribution is 2.11. The molecule has 0 unspecified atom stereocenters. The Morgan fingerprint density at radius 1 is 1.24 bits per heavy atom. The van der Waals surface area contributed by atoms with Gasteiger partial charge in [0, 0.05) is 38.6 Å². The summed E-state index contributed by atoms with van der Waals surface area (Å²) in [4.78, 5) is 7.32. The lowest BCUT2D eigenvalue weighted by atomic mass is 10.0. The van der Waals surface area contributed by atoms with Gasteiger partial charge in [-0.15, -0.1) is 10.2 Å². The van der Waals surface area contributed by atoms with Gasteiger partial charge >= 0.3 is 0 Å². The zero-order valence-corrected chi connectivity index (χ0v) is 16.2. The molecule has 0 atom stereocenters. The SMILES string of the molecule is CCCCN1CCC(NC(=NCCn2cnnc2CC)NCC)CC1. The average Bonchev–Trinajstić information content (AvgIpc) is 3.09. The molecule has 0 aliphatic carbocycles. The number of nitrogens with zero attached hydrogens (tertiary/aromatic N) is 5. The number of nitrogens with one attached hydrogen (secondary N) is 2. The van der Waals surface area contributed by atoms with E-state index in [-0.39, 0.29) is 0 Å². The first-order valence-electron chi connectivity index (χ1n) is 9.90. The first-order chi connectivity index (χ1) is 12.3. The molecule has 1 saturated heterocycles. The van der Waals surface area contributed by atoms with Crippen molar-refractivity contribution in [3.8, 4) is 0 Å². The summed E-state index contributed by atoms with van der Waals surface area (Å²) in [7, 11) is 0. The predicted octanol–water partition coefficient (Wildman–Crippen LogP) is 1.66. The van der Waals surface area contributed by atoms with Crippen molar-refractivity contribution in [3.63, 3.8) is 0 Å². The smallest absolute Gasteiger partial charge is 0.191 e. The van der Waals surface area contributed by atoms with E-state index in [1.165, 1.54) is 45.3 Å². The van der Waals surface area contributed by atoms with E-state index in [1.54, 1.807) is 6.33 Å². The second-order valence-corrected chi connectivity index (χ2v) is 6.67. The van der Waals surface area contributed by atoms with Crippen LogP contribution in [0.15, 0.2) is 11.3 Å². The van der Waals surface area contributed by atoms with Gasteiger partial charge in [0.25, 0.3) is 0 Å². The number of rotatable bonds is 9. The maximum atomic E-state index is 4.73. The van der Waals surface area contributed by atoms with Gasteiger partial charge in [-0.1, -0.05) is 20.3 Å². The molecule has 1 aliphatic rings. The minimum Gasteiger partial charge on any atom is -0.357 e. The lowest BCUT2D eigenvalue weighted by Gasteiger charge is -2.33. The monoisotopic (exact) mass is 349 g/mol. The molecule has 0 amide bonds. The fourth-order valence-corrected chi connectivity index (χ4v) is 3.21. The maximum absolute atomic E-state index is 4.73. The molecule has 0 bridgehead atoms. The van der Waals surface area contributed by atoms with Crippen LogP contribution in [0.25, 0.3) is 0 Å². The summed E-state index contributed by atoms with van der Waals surface area (Å²) in [6, 6.07) is 0.525. The molecule has 0 radical (unpaired) electrons. The second-order valence-electron chi connectivity index (χ2n) is 6.67. The topological polar surface area (TPSA) is 70.4 Å². The van der Waals surface area contributed by atoms with Crippen molar-refractivity contribution in [2.75, 3.05) is 32.7 Å². The number of hydrogen-bond donors (Lipinski definition) is 2. The van der Waals surface area contributed by atoms with Crippen molar-refractivity contribution >= 4 is 5.96 Å². The molecule has 2 N–H and O–H groups in total. The summed E-state index contributed by atoms with van der Waals surface area (Å²) in [6.45, 7) is 12.5. The Morgan fingerprint density at radius 3 is 2.72 bits per heavy atom. The maximum Gasteiger partial charge on any atom is 0.191 e. The molecule has 2 rings (SSSR count). The number of likely N-dealkylation sites (tertiary alicyclic amines) is 1. The van der Waals surface area contributed by atoms with Gasteiger partial charge in [0.1, 0.15) is 12.2 Å². The lowest BCUT2D eigenvalue weighted by molar-refractivity contribution is 0.203. The number of aryl methyl sites for hydroxylation is 1. The van der Waals surface area contributed by atoms with Crippen LogP contribution in [0.1, 0.15) is 52.3 Å². The molecular formula is C18H35N7. The third-order valence-electron chi connectivity index (χ3n) is 4.72. The summed E-state index contributed by atoms with van der Waals surface area (Å²) in [5, 5.41) is 15.1. The van der Waals surface area contributed by atoms with Crippen LogP contribution in [0.3, 0.4) is 0 Å². The van der Waals surface area contributed by atoms with Gasteiger partial charge in [-0.25, -0.2) is 0 Å². The molecule has 0 saturated carbocycles. The molecule has 0 spiro atoms. The van der Waals surface area contributed by atoms with Gasteiger partial charge in [0.15, 0.2) is 5.96 Å².